The van der Waals surface area contributed by atoms with E-state index >= 15 is 0 Å². The number of hydrogen-bond acceptors (Lipinski definition) is 3. The first-order valence-electron chi connectivity index (χ1n) is 6.07. The van der Waals surface area contributed by atoms with Crippen LogP contribution in [-0.2, 0) is 14.1 Å². The van der Waals surface area contributed by atoms with E-state index in [1.165, 1.54) is 5.52 Å². The molecule has 20 heavy (non-hydrogen) atoms. The second kappa shape index (κ2) is 5.73. The molecule has 0 N–H and O–H groups in total. The van der Waals surface area contributed by atoms with Crippen LogP contribution in [0.2, 0.25) is 0 Å². The lowest BCUT2D eigenvalue weighted by Crippen LogP contribution is -3.00. The summed E-state index contributed by atoms with van der Waals surface area (Å²) in [5, 5.41) is 12.8. The average molecular weight is 307 g/mol. The molecule has 2 heterocycles. The number of aromatic nitrogens is 2. The summed E-state index contributed by atoms with van der Waals surface area (Å²) in [7, 11) is 4.03. The van der Waals surface area contributed by atoms with Gasteiger partial charge in [0, 0.05) is 23.5 Å². The summed E-state index contributed by atoms with van der Waals surface area (Å²) in [6.45, 7) is 2.07. The van der Waals surface area contributed by atoms with E-state index in [1.807, 2.05) is 35.3 Å². The monoisotopic (exact) mass is 306 g/mol. The largest absolute Gasteiger partial charge is 1.00 e. The number of rotatable bonds is 2. The van der Waals surface area contributed by atoms with Crippen LogP contribution in [0.4, 0.5) is 10.8 Å². The summed E-state index contributed by atoms with van der Waals surface area (Å²) in [5.74, 6) is 0. The molecule has 3 rings (SSSR count). The zero-order valence-electron chi connectivity index (χ0n) is 11.5. The van der Waals surface area contributed by atoms with Gasteiger partial charge < -0.3 is 17.0 Å². The molecule has 4 nitrogen and oxygen atoms in total. The number of fused-ring (bicyclic) bond motifs is 1. The van der Waals surface area contributed by atoms with Crippen LogP contribution in [0.3, 0.4) is 0 Å². The highest BCUT2D eigenvalue weighted by molar-refractivity contribution is 7.12. The summed E-state index contributed by atoms with van der Waals surface area (Å²) in [6, 6.07) is 8.27. The van der Waals surface area contributed by atoms with Crippen LogP contribution < -0.4 is 17.0 Å². The number of azo groups is 1. The van der Waals surface area contributed by atoms with Gasteiger partial charge in [-0.2, -0.15) is 0 Å². The maximum Gasteiger partial charge on any atom is 0.408 e. The molecule has 0 saturated carbocycles. The van der Waals surface area contributed by atoms with Crippen molar-refractivity contribution < 1.29 is 17.0 Å². The van der Waals surface area contributed by atoms with Gasteiger partial charge in [-0.3, -0.25) is 0 Å². The van der Waals surface area contributed by atoms with Crippen LogP contribution in [0.15, 0.2) is 46.1 Å². The second-order valence-electron chi connectivity index (χ2n) is 4.51. The van der Waals surface area contributed by atoms with Gasteiger partial charge in [0.1, 0.15) is 11.9 Å². The Kier molecular flexibility index (Phi) is 4.20. The maximum absolute atomic E-state index is 4.45. The first kappa shape index (κ1) is 14.7. The summed E-state index contributed by atoms with van der Waals surface area (Å²) >= 11 is 1.58. The van der Waals surface area contributed by atoms with Crippen LogP contribution >= 0.6 is 11.3 Å². The highest BCUT2D eigenvalue weighted by atomic mass is 35.5. The Balaban J connectivity index is 0.00000147. The molecule has 0 aliphatic carbocycles. The maximum atomic E-state index is 4.45. The molecular formula is C14H15ClN4S. The number of aryl methyl sites for hydroxylation is 2. The third kappa shape index (κ3) is 2.34. The highest BCUT2D eigenvalue weighted by Gasteiger charge is 2.14. The molecule has 0 saturated heterocycles. The fourth-order valence-electron chi connectivity index (χ4n) is 2.14. The number of nitrogens with zero attached hydrogens (tertiary/aromatic N) is 4. The quantitative estimate of drug-likeness (QED) is 0.496. The van der Waals surface area contributed by atoms with Crippen molar-refractivity contribution in [3.05, 3.63) is 41.5 Å². The van der Waals surface area contributed by atoms with E-state index in [0.717, 1.165) is 21.9 Å². The van der Waals surface area contributed by atoms with Gasteiger partial charge in [0.25, 0.3) is 0 Å². The topological polar surface area (TPSA) is 33.5 Å². The number of thiazole rings is 1. The predicted molar refractivity (Wildman–Crippen MR) is 77.3 cm³/mol. The molecule has 0 fully saturated rings. The van der Waals surface area contributed by atoms with E-state index in [2.05, 4.69) is 40.9 Å². The van der Waals surface area contributed by atoms with E-state index in [9.17, 15) is 0 Å². The minimum Gasteiger partial charge on any atom is -1.00 e. The van der Waals surface area contributed by atoms with Gasteiger partial charge in [-0.1, -0.05) is 18.2 Å². The summed E-state index contributed by atoms with van der Waals surface area (Å²) in [5.41, 5.74) is 3.26. The normalized spacial score (nSPS) is 11.2. The SMILES string of the molecule is Cc1c(N=Nc2scc[n+]2C)c2ccccc2n1C.[Cl-]. The third-order valence-electron chi connectivity index (χ3n) is 3.36. The van der Waals surface area contributed by atoms with E-state index in [0.29, 0.717) is 0 Å². The molecule has 1 aromatic carbocycles. The van der Waals surface area contributed by atoms with Crippen molar-refractivity contribution in [3.8, 4) is 0 Å². The van der Waals surface area contributed by atoms with Crippen molar-refractivity contribution in [1.29, 1.82) is 0 Å². The van der Waals surface area contributed by atoms with E-state index in [4.69, 9.17) is 0 Å². The summed E-state index contributed by atoms with van der Waals surface area (Å²) in [6.07, 6.45) is 1.98. The Hall–Kier alpha value is -1.72. The van der Waals surface area contributed by atoms with Crippen LogP contribution in [0.1, 0.15) is 5.69 Å². The van der Waals surface area contributed by atoms with Gasteiger partial charge >= 0.3 is 5.13 Å². The van der Waals surface area contributed by atoms with Gasteiger partial charge in [0.15, 0.2) is 0 Å². The van der Waals surface area contributed by atoms with Crippen LogP contribution in [0.5, 0.6) is 0 Å². The van der Waals surface area contributed by atoms with Gasteiger partial charge in [-0.25, -0.2) is 4.57 Å². The lowest BCUT2D eigenvalue weighted by Gasteiger charge is -1.96. The predicted octanol–water partition coefficient (Wildman–Crippen LogP) is 0.792. The third-order valence-corrected chi connectivity index (χ3v) is 4.20. The Labute approximate surface area is 127 Å². The minimum atomic E-state index is 0. The Morgan fingerprint density at radius 1 is 1.20 bits per heavy atom. The highest BCUT2D eigenvalue weighted by Crippen LogP contribution is 2.33. The number of benzene rings is 1. The lowest BCUT2D eigenvalue weighted by atomic mass is 10.2. The van der Waals surface area contributed by atoms with Crippen molar-refractivity contribution in [2.45, 2.75) is 6.92 Å². The molecule has 0 bridgehead atoms. The molecule has 0 aliphatic rings. The number of para-hydroxylation sites is 1. The molecule has 6 heteroatoms. The second-order valence-corrected chi connectivity index (χ2v) is 5.38. The van der Waals surface area contributed by atoms with Crippen LogP contribution in [-0.4, -0.2) is 4.57 Å². The Bertz CT molecular complexity index is 773. The molecule has 0 radical (unpaired) electrons. The molecule has 0 unspecified atom stereocenters. The number of halogens is 1. The average Bonchev–Trinajstić information content (AvgIpc) is 2.93. The standard InChI is InChI=1S/C14H15N4S.ClH/c1-10-13(15-16-14-17(2)8-9-19-14)11-6-4-5-7-12(11)18(10)3;/h4-9H,1-3H3;1H/q+1;/p-1. The van der Waals surface area contributed by atoms with Crippen molar-refractivity contribution >= 4 is 33.1 Å². The molecule has 0 atom stereocenters. The molecule has 0 amide bonds. The lowest BCUT2D eigenvalue weighted by molar-refractivity contribution is -0.654. The Morgan fingerprint density at radius 3 is 2.65 bits per heavy atom. The van der Waals surface area contributed by atoms with Crippen molar-refractivity contribution in [1.82, 2.24) is 4.57 Å². The molecule has 0 aliphatic heterocycles. The zero-order valence-corrected chi connectivity index (χ0v) is 13.1. The fraction of sp³-hybridized carbons (Fsp3) is 0.214. The van der Waals surface area contributed by atoms with Crippen molar-refractivity contribution in [2.75, 3.05) is 0 Å². The van der Waals surface area contributed by atoms with E-state index in [1.54, 1.807) is 11.3 Å². The zero-order chi connectivity index (χ0) is 13.4. The van der Waals surface area contributed by atoms with Crippen LogP contribution in [0, 0.1) is 6.92 Å². The van der Waals surface area contributed by atoms with E-state index < -0.39 is 0 Å². The first-order chi connectivity index (χ1) is 9.18. The Morgan fingerprint density at radius 2 is 1.95 bits per heavy atom. The summed E-state index contributed by atoms with van der Waals surface area (Å²) in [4.78, 5) is 0. The minimum absolute atomic E-state index is 0. The van der Waals surface area contributed by atoms with Crippen molar-refractivity contribution in [3.63, 3.8) is 0 Å². The van der Waals surface area contributed by atoms with Gasteiger partial charge in [0.05, 0.1) is 17.7 Å². The number of hydrogen-bond donors (Lipinski definition) is 0. The van der Waals surface area contributed by atoms with Gasteiger partial charge in [-0.15, -0.1) is 0 Å². The molecule has 104 valence electrons. The van der Waals surface area contributed by atoms with Crippen LogP contribution in [0.25, 0.3) is 10.9 Å². The molecular weight excluding hydrogens is 292 g/mol. The molecule has 2 aromatic heterocycles. The van der Waals surface area contributed by atoms with Crippen molar-refractivity contribution in [2.24, 2.45) is 24.3 Å². The van der Waals surface area contributed by atoms with Gasteiger partial charge in [-0.05, 0) is 29.4 Å². The summed E-state index contributed by atoms with van der Waals surface area (Å²) < 4.78 is 4.12. The first-order valence-corrected chi connectivity index (χ1v) is 6.95. The fourth-order valence-corrected chi connectivity index (χ4v) is 2.82. The van der Waals surface area contributed by atoms with E-state index in [-0.39, 0.29) is 12.4 Å². The smallest absolute Gasteiger partial charge is 0.408 e. The van der Waals surface area contributed by atoms with Gasteiger partial charge in [0.2, 0.25) is 0 Å². The molecule has 3 aromatic rings. The molecule has 0 spiro atoms.